The number of thiophene rings is 1. The summed E-state index contributed by atoms with van der Waals surface area (Å²) in [5.41, 5.74) is 3.55. The van der Waals surface area contributed by atoms with Crippen molar-refractivity contribution in [3.05, 3.63) is 153 Å². The van der Waals surface area contributed by atoms with Crippen LogP contribution in [0.4, 0.5) is 15.1 Å². The van der Waals surface area contributed by atoms with Gasteiger partial charge in [-0.1, -0.05) is 79.7 Å². The summed E-state index contributed by atoms with van der Waals surface area (Å²) < 4.78 is 14.6. The first-order valence-electron chi connectivity index (χ1n) is 16.8. The Balaban J connectivity index is 1.13. The third kappa shape index (κ3) is 9.03. The highest BCUT2D eigenvalue weighted by Gasteiger charge is 2.27. The van der Waals surface area contributed by atoms with E-state index in [9.17, 15) is 24.0 Å². The summed E-state index contributed by atoms with van der Waals surface area (Å²) in [5, 5.41) is 18.6. The molecule has 1 aromatic heterocycles. The van der Waals surface area contributed by atoms with E-state index >= 15 is 0 Å². The molecule has 52 heavy (non-hydrogen) atoms. The molecular weight excluding hydrogens is 694 g/mol. The zero-order chi connectivity index (χ0) is 36.5. The Hall–Kier alpha value is -5.54. The van der Waals surface area contributed by atoms with E-state index in [2.05, 4.69) is 39.1 Å². The molecule has 1 aliphatic rings. The second kappa shape index (κ2) is 17.1. The molecule has 11 heteroatoms. The molecule has 0 aliphatic carbocycles. The van der Waals surface area contributed by atoms with Crippen molar-refractivity contribution in [3.63, 3.8) is 0 Å². The van der Waals surface area contributed by atoms with Gasteiger partial charge in [-0.2, -0.15) is 5.26 Å². The SMILES string of the molecule is CCC(Sc1cccc(NC(=O)/C(=C/c2ccccc2F)NC(=O)c2ccccc2)c1)C(=O)Nc1sc2c(c1C#N)CCN(Cc1ccccc1)C2. The van der Waals surface area contributed by atoms with E-state index in [0.717, 1.165) is 41.4 Å². The van der Waals surface area contributed by atoms with Crippen LogP contribution < -0.4 is 16.0 Å². The third-order valence-electron chi connectivity index (χ3n) is 8.50. The Kier molecular flexibility index (Phi) is 11.9. The third-order valence-corrected chi connectivity index (χ3v) is 11.0. The first-order valence-corrected chi connectivity index (χ1v) is 18.5. The zero-order valence-corrected chi connectivity index (χ0v) is 30.0. The molecule has 2 heterocycles. The molecule has 4 aromatic carbocycles. The number of hydrogen-bond donors (Lipinski definition) is 3. The topological polar surface area (TPSA) is 114 Å². The molecule has 0 spiro atoms. The minimum Gasteiger partial charge on any atom is -0.321 e. The fourth-order valence-electron chi connectivity index (χ4n) is 5.85. The van der Waals surface area contributed by atoms with Crippen LogP contribution in [-0.4, -0.2) is 34.4 Å². The lowest BCUT2D eigenvalue weighted by Gasteiger charge is -2.26. The molecule has 0 radical (unpaired) electrons. The number of carbonyl (C=O) groups is 3. The van der Waals surface area contributed by atoms with Gasteiger partial charge in [0.15, 0.2) is 0 Å². The van der Waals surface area contributed by atoms with Crippen LogP contribution in [0.25, 0.3) is 6.08 Å². The summed E-state index contributed by atoms with van der Waals surface area (Å²) in [6, 6.07) is 34.0. The summed E-state index contributed by atoms with van der Waals surface area (Å²) in [5.74, 6) is -1.92. The number of nitrogens with one attached hydrogen (secondary N) is 3. The zero-order valence-electron chi connectivity index (χ0n) is 28.4. The number of anilines is 2. The van der Waals surface area contributed by atoms with Crippen LogP contribution >= 0.6 is 23.1 Å². The van der Waals surface area contributed by atoms with Crippen molar-refractivity contribution in [3.8, 4) is 6.07 Å². The number of rotatable bonds is 12. The maximum absolute atomic E-state index is 14.6. The fraction of sp³-hybridized carbons (Fsp3) is 0.171. The van der Waals surface area contributed by atoms with E-state index in [1.54, 1.807) is 60.7 Å². The molecule has 1 aliphatic heterocycles. The lowest BCUT2D eigenvalue weighted by atomic mass is 10.0. The van der Waals surface area contributed by atoms with Crippen molar-refractivity contribution in [1.29, 1.82) is 5.26 Å². The van der Waals surface area contributed by atoms with Crippen LogP contribution in [0.3, 0.4) is 0 Å². The number of benzene rings is 4. The summed E-state index contributed by atoms with van der Waals surface area (Å²) in [6.07, 6.45) is 2.56. The van der Waals surface area contributed by atoms with Crippen LogP contribution in [0.1, 0.15) is 50.8 Å². The first kappa shape index (κ1) is 36.3. The molecule has 0 fully saturated rings. The Bertz CT molecular complexity index is 2150. The number of nitrogens with zero attached hydrogens (tertiary/aromatic N) is 2. The monoisotopic (exact) mass is 729 g/mol. The van der Waals surface area contributed by atoms with E-state index in [4.69, 9.17) is 0 Å². The number of carbonyl (C=O) groups excluding carboxylic acids is 3. The summed E-state index contributed by atoms with van der Waals surface area (Å²) in [4.78, 5) is 44.3. The second-order valence-corrected chi connectivity index (χ2v) is 14.5. The molecule has 0 saturated heterocycles. The minimum atomic E-state index is -0.646. The van der Waals surface area contributed by atoms with Gasteiger partial charge in [-0.15, -0.1) is 23.1 Å². The van der Waals surface area contributed by atoms with Crippen molar-refractivity contribution in [2.45, 2.75) is 43.0 Å². The van der Waals surface area contributed by atoms with Crippen molar-refractivity contribution in [2.24, 2.45) is 0 Å². The molecule has 0 saturated carbocycles. The summed E-state index contributed by atoms with van der Waals surface area (Å²) in [7, 11) is 0. The van der Waals surface area contributed by atoms with Gasteiger partial charge in [0.1, 0.15) is 22.6 Å². The van der Waals surface area contributed by atoms with Gasteiger partial charge in [0.05, 0.1) is 10.8 Å². The van der Waals surface area contributed by atoms with Crippen molar-refractivity contribution in [1.82, 2.24) is 10.2 Å². The number of amides is 3. The molecule has 5 aromatic rings. The predicted molar refractivity (Wildman–Crippen MR) is 205 cm³/mol. The Morgan fingerprint density at radius 1 is 0.962 bits per heavy atom. The van der Waals surface area contributed by atoms with Gasteiger partial charge in [-0.25, -0.2) is 4.39 Å². The van der Waals surface area contributed by atoms with Gasteiger partial charge in [-0.3, -0.25) is 19.3 Å². The molecule has 0 bridgehead atoms. The summed E-state index contributed by atoms with van der Waals surface area (Å²) >= 11 is 2.81. The minimum absolute atomic E-state index is 0.137. The lowest BCUT2D eigenvalue weighted by molar-refractivity contribution is -0.116. The number of fused-ring (bicyclic) bond motifs is 1. The van der Waals surface area contributed by atoms with Crippen molar-refractivity contribution >= 4 is 57.6 Å². The standard InChI is InChI=1S/C41H36FN5O3S2/c1-2-36(40(50)46-41-33(24-43)32-20-21-47(26-37(32)52-41)25-27-12-5-3-6-13-27)51-31-18-11-17-30(23-31)44-39(49)35(22-29-16-9-10-19-34(29)42)45-38(48)28-14-7-4-8-15-28/h3-19,22-23,36H,2,20-21,25-26H2,1H3,(H,44,49)(H,45,48)(H,46,50)/b35-22-. The Morgan fingerprint density at radius 3 is 2.42 bits per heavy atom. The largest absolute Gasteiger partial charge is 0.321 e. The number of halogens is 1. The van der Waals surface area contributed by atoms with E-state index in [0.29, 0.717) is 28.2 Å². The van der Waals surface area contributed by atoms with E-state index in [1.165, 1.54) is 46.9 Å². The second-order valence-electron chi connectivity index (χ2n) is 12.2. The fourth-order valence-corrected chi connectivity index (χ4v) is 8.11. The van der Waals surface area contributed by atoms with E-state index in [-0.39, 0.29) is 17.2 Å². The van der Waals surface area contributed by atoms with Gasteiger partial charge in [0.2, 0.25) is 5.91 Å². The van der Waals surface area contributed by atoms with Crippen LogP contribution in [0.5, 0.6) is 0 Å². The van der Waals surface area contributed by atoms with Crippen LogP contribution in [0.2, 0.25) is 0 Å². The maximum atomic E-state index is 14.6. The molecule has 8 nitrogen and oxygen atoms in total. The van der Waals surface area contributed by atoms with Crippen LogP contribution in [-0.2, 0) is 29.1 Å². The normalized spacial score (nSPS) is 13.4. The summed E-state index contributed by atoms with van der Waals surface area (Å²) in [6.45, 7) is 4.30. The number of nitriles is 1. The highest BCUT2D eigenvalue weighted by atomic mass is 32.2. The van der Waals surface area contributed by atoms with Crippen LogP contribution in [0.15, 0.2) is 120 Å². The van der Waals surface area contributed by atoms with Gasteiger partial charge in [0, 0.05) is 46.2 Å². The van der Waals surface area contributed by atoms with Gasteiger partial charge in [0.25, 0.3) is 11.8 Å². The van der Waals surface area contributed by atoms with Gasteiger partial charge < -0.3 is 16.0 Å². The highest BCUT2D eigenvalue weighted by molar-refractivity contribution is 8.00. The van der Waals surface area contributed by atoms with E-state index in [1.807, 2.05) is 31.2 Å². The van der Waals surface area contributed by atoms with Crippen LogP contribution in [0, 0.1) is 17.1 Å². The average molecular weight is 730 g/mol. The number of hydrogen-bond acceptors (Lipinski definition) is 7. The van der Waals surface area contributed by atoms with Crippen molar-refractivity contribution < 1.29 is 18.8 Å². The van der Waals surface area contributed by atoms with Gasteiger partial charge in [-0.05, 0) is 66.4 Å². The van der Waals surface area contributed by atoms with E-state index < -0.39 is 22.9 Å². The predicted octanol–water partition coefficient (Wildman–Crippen LogP) is 8.24. The first-order chi connectivity index (χ1) is 25.3. The lowest BCUT2D eigenvalue weighted by Crippen LogP contribution is -2.30. The highest BCUT2D eigenvalue weighted by Crippen LogP contribution is 2.38. The number of thioether (sulfide) groups is 1. The molecule has 3 N–H and O–H groups in total. The van der Waals surface area contributed by atoms with Gasteiger partial charge >= 0.3 is 0 Å². The molecule has 262 valence electrons. The van der Waals surface area contributed by atoms with Crippen molar-refractivity contribution in [2.75, 3.05) is 17.2 Å². The Labute approximate surface area is 310 Å². The molecule has 6 rings (SSSR count). The average Bonchev–Trinajstić information content (AvgIpc) is 3.51. The molecule has 1 unspecified atom stereocenters. The molecule has 1 atom stereocenters. The smallest absolute Gasteiger partial charge is 0.272 e. The molecular formula is C41H36FN5O3S2. The Morgan fingerprint density at radius 2 is 1.69 bits per heavy atom. The quantitative estimate of drug-likeness (QED) is 0.0881. The maximum Gasteiger partial charge on any atom is 0.272 e. The molecule has 3 amide bonds.